The lowest BCUT2D eigenvalue weighted by Gasteiger charge is -2.42. The summed E-state index contributed by atoms with van der Waals surface area (Å²) in [6.07, 6.45) is 2.35. The minimum Gasteiger partial charge on any atom is -0.481 e. The first-order chi connectivity index (χ1) is 12.1. The van der Waals surface area contributed by atoms with Crippen LogP contribution in [0.2, 0.25) is 0 Å². The van der Waals surface area contributed by atoms with Gasteiger partial charge in [0.25, 0.3) is 0 Å². The molecular weight excluding hydrogens is 318 g/mol. The van der Waals surface area contributed by atoms with Gasteiger partial charge >= 0.3 is 0 Å². The molecule has 0 bridgehead atoms. The number of likely N-dealkylation sites (N-methyl/N-ethyl adjacent to an activating group) is 1. The van der Waals surface area contributed by atoms with Crippen molar-refractivity contribution >= 4 is 5.95 Å². The van der Waals surface area contributed by atoms with Crippen molar-refractivity contribution < 1.29 is 9.47 Å². The molecule has 3 heterocycles. The van der Waals surface area contributed by atoms with E-state index >= 15 is 0 Å². The molecule has 2 fully saturated rings. The molecule has 7 heteroatoms. The van der Waals surface area contributed by atoms with Crippen LogP contribution in [-0.4, -0.2) is 86.3 Å². The Morgan fingerprint density at radius 2 is 1.52 bits per heavy atom. The van der Waals surface area contributed by atoms with Crippen LogP contribution in [0.25, 0.3) is 0 Å². The summed E-state index contributed by atoms with van der Waals surface area (Å²) < 4.78 is 10.5. The van der Waals surface area contributed by atoms with Gasteiger partial charge in [0.1, 0.15) is 0 Å². The highest BCUT2D eigenvalue weighted by atomic mass is 16.5. The van der Waals surface area contributed by atoms with Gasteiger partial charge in [-0.25, -0.2) is 0 Å². The zero-order valence-corrected chi connectivity index (χ0v) is 15.9. The van der Waals surface area contributed by atoms with Crippen LogP contribution in [0.3, 0.4) is 0 Å². The molecule has 0 aliphatic carbocycles. The molecule has 1 aromatic heterocycles. The smallest absolute Gasteiger partial charge is 0.231 e. The number of methoxy groups -OCH3 is 2. The highest BCUT2D eigenvalue weighted by Crippen LogP contribution is 2.28. The van der Waals surface area contributed by atoms with Crippen LogP contribution in [0, 0.1) is 5.92 Å². The average molecular weight is 349 g/mol. The van der Waals surface area contributed by atoms with Crippen LogP contribution in [-0.2, 0) is 0 Å². The lowest BCUT2D eigenvalue weighted by atomic mass is 9.89. The molecule has 0 radical (unpaired) electrons. The van der Waals surface area contributed by atoms with Crippen LogP contribution >= 0.6 is 0 Å². The third-order valence-corrected chi connectivity index (χ3v) is 5.70. The molecule has 3 rings (SSSR count). The molecule has 2 saturated heterocycles. The Hall–Kier alpha value is -1.60. The van der Waals surface area contributed by atoms with Crippen molar-refractivity contribution in [3.05, 3.63) is 6.07 Å². The molecule has 0 aromatic carbocycles. The molecule has 25 heavy (non-hydrogen) atoms. The van der Waals surface area contributed by atoms with E-state index in [9.17, 15) is 0 Å². The summed E-state index contributed by atoms with van der Waals surface area (Å²) in [7, 11) is 5.45. The molecule has 2 aliphatic heterocycles. The Labute approximate surface area is 150 Å². The van der Waals surface area contributed by atoms with Crippen molar-refractivity contribution in [3.63, 3.8) is 0 Å². The quantitative estimate of drug-likeness (QED) is 0.795. The maximum atomic E-state index is 5.27. The molecule has 140 valence electrons. The molecule has 1 unspecified atom stereocenters. The van der Waals surface area contributed by atoms with Crippen LogP contribution in [0.15, 0.2) is 6.07 Å². The Balaban J connectivity index is 1.58. The van der Waals surface area contributed by atoms with Crippen molar-refractivity contribution in [1.82, 2.24) is 19.8 Å². The van der Waals surface area contributed by atoms with Gasteiger partial charge in [0.2, 0.25) is 17.7 Å². The fraction of sp³-hybridized carbons (Fsp3) is 0.778. The van der Waals surface area contributed by atoms with E-state index in [1.165, 1.54) is 39.0 Å². The summed E-state index contributed by atoms with van der Waals surface area (Å²) in [5, 5.41) is 0. The molecule has 1 atom stereocenters. The van der Waals surface area contributed by atoms with Crippen molar-refractivity contribution in [2.45, 2.75) is 25.8 Å². The molecular formula is C18H31N5O2. The topological polar surface area (TPSA) is 54.0 Å². The highest BCUT2D eigenvalue weighted by molar-refractivity contribution is 5.37. The van der Waals surface area contributed by atoms with Gasteiger partial charge in [-0.2, -0.15) is 9.97 Å². The second kappa shape index (κ2) is 8.19. The van der Waals surface area contributed by atoms with Gasteiger partial charge in [-0.15, -0.1) is 0 Å². The van der Waals surface area contributed by atoms with Gasteiger partial charge in [0, 0.05) is 45.3 Å². The maximum absolute atomic E-state index is 5.27. The number of nitrogens with zero attached hydrogens (tertiary/aromatic N) is 5. The third kappa shape index (κ3) is 4.33. The first-order valence-corrected chi connectivity index (χ1v) is 9.25. The fourth-order valence-electron chi connectivity index (χ4n) is 3.85. The molecule has 0 spiro atoms. The Kier molecular flexibility index (Phi) is 5.96. The van der Waals surface area contributed by atoms with Gasteiger partial charge in [0.05, 0.1) is 20.3 Å². The number of ether oxygens (including phenoxy) is 2. The predicted octanol–water partition coefficient (Wildman–Crippen LogP) is 1.35. The van der Waals surface area contributed by atoms with E-state index in [0.29, 0.717) is 23.8 Å². The normalized spacial score (nSPS) is 22.0. The summed E-state index contributed by atoms with van der Waals surface area (Å²) >= 11 is 0. The van der Waals surface area contributed by atoms with E-state index in [0.717, 1.165) is 19.0 Å². The van der Waals surface area contributed by atoms with E-state index in [1.54, 1.807) is 20.3 Å². The lowest BCUT2D eigenvalue weighted by molar-refractivity contribution is 0.0813. The zero-order valence-electron chi connectivity index (χ0n) is 15.9. The number of hydrogen-bond donors (Lipinski definition) is 0. The minimum absolute atomic E-state index is 0.551. The molecule has 2 aliphatic rings. The van der Waals surface area contributed by atoms with Crippen LogP contribution in [0.5, 0.6) is 11.8 Å². The largest absolute Gasteiger partial charge is 0.481 e. The monoisotopic (exact) mass is 349 g/mol. The Morgan fingerprint density at radius 1 is 0.960 bits per heavy atom. The number of aromatic nitrogens is 2. The summed E-state index contributed by atoms with van der Waals surface area (Å²) in [5.74, 6) is 2.55. The summed E-state index contributed by atoms with van der Waals surface area (Å²) in [5.41, 5.74) is 0. The lowest BCUT2D eigenvalue weighted by Crippen LogP contribution is -2.51. The van der Waals surface area contributed by atoms with E-state index in [-0.39, 0.29) is 0 Å². The summed E-state index contributed by atoms with van der Waals surface area (Å²) in [4.78, 5) is 16.3. The first-order valence-electron chi connectivity index (χ1n) is 9.25. The summed E-state index contributed by atoms with van der Waals surface area (Å²) in [6, 6.07) is 2.36. The average Bonchev–Trinajstić information content (AvgIpc) is 2.67. The van der Waals surface area contributed by atoms with Crippen molar-refractivity contribution in [1.29, 1.82) is 0 Å². The highest BCUT2D eigenvalue weighted by Gasteiger charge is 2.30. The van der Waals surface area contributed by atoms with E-state index in [4.69, 9.17) is 9.47 Å². The van der Waals surface area contributed by atoms with Crippen molar-refractivity contribution in [3.8, 4) is 11.8 Å². The molecule has 0 amide bonds. The molecule has 1 aromatic rings. The molecule has 7 nitrogen and oxygen atoms in total. The zero-order chi connectivity index (χ0) is 17.8. The third-order valence-electron chi connectivity index (χ3n) is 5.70. The number of anilines is 1. The SMILES string of the molecule is COc1cc(OC)nc(N2CCC(C(C)N3CCN(C)CC3)CC2)n1. The van der Waals surface area contributed by atoms with Crippen LogP contribution in [0.4, 0.5) is 5.95 Å². The van der Waals surface area contributed by atoms with E-state index < -0.39 is 0 Å². The number of piperazine rings is 1. The van der Waals surface area contributed by atoms with Crippen LogP contribution < -0.4 is 14.4 Å². The standard InChI is InChI=1S/C18H31N5O2/c1-14(22-11-9-21(2)10-12-22)15-5-7-23(8-6-15)18-19-16(24-3)13-17(20-18)25-4/h13-15H,5-12H2,1-4H3. The van der Waals surface area contributed by atoms with Crippen molar-refractivity contribution in [2.24, 2.45) is 5.92 Å². The predicted molar refractivity (Wildman–Crippen MR) is 98.6 cm³/mol. The molecule has 0 N–H and O–H groups in total. The van der Waals surface area contributed by atoms with Gasteiger partial charge < -0.3 is 19.3 Å². The van der Waals surface area contributed by atoms with Gasteiger partial charge in [0.15, 0.2) is 0 Å². The van der Waals surface area contributed by atoms with Crippen molar-refractivity contribution in [2.75, 3.05) is 65.4 Å². The Bertz CT molecular complexity index is 532. The van der Waals surface area contributed by atoms with Crippen LogP contribution in [0.1, 0.15) is 19.8 Å². The first kappa shape index (κ1) is 18.2. The van der Waals surface area contributed by atoms with Gasteiger partial charge in [-0.05, 0) is 32.7 Å². The van der Waals surface area contributed by atoms with E-state index in [2.05, 4.69) is 38.6 Å². The number of piperidine rings is 1. The van der Waals surface area contributed by atoms with Gasteiger partial charge in [-0.3, -0.25) is 4.90 Å². The second-order valence-electron chi connectivity index (χ2n) is 7.16. The minimum atomic E-state index is 0.551. The number of rotatable bonds is 5. The number of hydrogen-bond acceptors (Lipinski definition) is 7. The second-order valence-corrected chi connectivity index (χ2v) is 7.16. The Morgan fingerprint density at radius 3 is 2.04 bits per heavy atom. The van der Waals surface area contributed by atoms with E-state index in [1.807, 2.05) is 0 Å². The summed E-state index contributed by atoms with van der Waals surface area (Å²) in [6.45, 7) is 9.11. The fourth-order valence-corrected chi connectivity index (χ4v) is 3.85. The van der Waals surface area contributed by atoms with Gasteiger partial charge in [-0.1, -0.05) is 0 Å². The maximum Gasteiger partial charge on any atom is 0.231 e. The molecule has 0 saturated carbocycles.